The lowest BCUT2D eigenvalue weighted by molar-refractivity contribution is -0.0839. The first kappa shape index (κ1) is 16.8. The third kappa shape index (κ3) is 3.82. The van der Waals surface area contributed by atoms with Crippen LogP contribution in [0.25, 0.3) is 0 Å². The molecular formula is C16H22BrF2NO. The number of benzene rings is 1. The van der Waals surface area contributed by atoms with Crippen LogP contribution in [0.4, 0.5) is 8.78 Å². The van der Waals surface area contributed by atoms with Crippen molar-refractivity contribution in [2.24, 2.45) is 0 Å². The summed E-state index contributed by atoms with van der Waals surface area (Å²) in [7, 11) is 1.70. The van der Waals surface area contributed by atoms with Crippen molar-refractivity contribution in [2.45, 2.75) is 50.7 Å². The molecule has 1 aromatic rings. The molecule has 1 N–H and O–H groups in total. The lowest BCUT2D eigenvalue weighted by Gasteiger charge is -2.43. The summed E-state index contributed by atoms with van der Waals surface area (Å²) in [6.07, 6.45) is 4.70. The van der Waals surface area contributed by atoms with Gasteiger partial charge in [0.15, 0.2) is 0 Å². The Labute approximate surface area is 133 Å². The standard InChI is InChI=1S/C16H22BrF2NO/c1-3-7-20-15(10-16(21-2)5-4-6-16)11-8-14(19)12(17)9-13(11)18/h8-9,15,20H,3-7,10H2,1-2H3. The predicted molar refractivity (Wildman–Crippen MR) is 83.3 cm³/mol. The molecule has 118 valence electrons. The largest absolute Gasteiger partial charge is 0.378 e. The van der Waals surface area contributed by atoms with E-state index in [1.807, 2.05) is 0 Å². The van der Waals surface area contributed by atoms with E-state index in [4.69, 9.17) is 4.74 Å². The number of hydrogen-bond donors (Lipinski definition) is 1. The van der Waals surface area contributed by atoms with Crippen LogP contribution in [0.5, 0.6) is 0 Å². The fourth-order valence-electron chi connectivity index (χ4n) is 2.85. The maximum Gasteiger partial charge on any atom is 0.137 e. The molecule has 0 amide bonds. The zero-order valence-corrected chi connectivity index (χ0v) is 14.1. The van der Waals surface area contributed by atoms with Crippen LogP contribution in [0, 0.1) is 11.6 Å². The lowest BCUT2D eigenvalue weighted by Crippen LogP contribution is -2.43. The Kier molecular flexibility index (Phi) is 5.74. The second kappa shape index (κ2) is 7.16. The minimum Gasteiger partial charge on any atom is -0.378 e. The molecule has 0 aromatic heterocycles. The number of rotatable bonds is 7. The van der Waals surface area contributed by atoms with Gasteiger partial charge in [0.25, 0.3) is 0 Å². The highest BCUT2D eigenvalue weighted by Crippen LogP contribution is 2.42. The van der Waals surface area contributed by atoms with Gasteiger partial charge in [-0.1, -0.05) is 6.92 Å². The van der Waals surface area contributed by atoms with E-state index in [0.717, 1.165) is 32.2 Å². The van der Waals surface area contributed by atoms with E-state index < -0.39 is 5.82 Å². The number of methoxy groups -OCH3 is 1. The molecule has 21 heavy (non-hydrogen) atoms. The van der Waals surface area contributed by atoms with Crippen LogP contribution in [0.15, 0.2) is 16.6 Å². The topological polar surface area (TPSA) is 21.3 Å². The Morgan fingerprint density at radius 2 is 2.05 bits per heavy atom. The van der Waals surface area contributed by atoms with Gasteiger partial charge in [-0.25, -0.2) is 8.78 Å². The predicted octanol–water partition coefficient (Wildman–Crippen LogP) is 4.73. The molecule has 1 aliphatic rings. The van der Waals surface area contributed by atoms with Crippen molar-refractivity contribution in [3.8, 4) is 0 Å². The first-order valence-electron chi connectivity index (χ1n) is 7.44. The Balaban J connectivity index is 2.25. The minimum absolute atomic E-state index is 0.156. The van der Waals surface area contributed by atoms with Crippen LogP contribution in [0.3, 0.4) is 0 Å². The zero-order valence-electron chi connectivity index (χ0n) is 12.5. The second-order valence-electron chi connectivity index (χ2n) is 5.74. The summed E-state index contributed by atoms with van der Waals surface area (Å²) in [6, 6.07) is 2.26. The number of hydrogen-bond acceptors (Lipinski definition) is 2. The molecule has 1 unspecified atom stereocenters. The van der Waals surface area contributed by atoms with Gasteiger partial charge in [-0.15, -0.1) is 0 Å². The van der Waals surface area contributed by atoms with Crippen molar-refractivity contribution in [2.75, 3.05) is 13.7 Å². The van der Waals surface area contributed by atoms with Gasteiger partial charge in [-0.3, -0.25) is 0 Å². The monoisotopic (exact) mass is 361 g/mol. The Morgan fingerprint density at radius 3 is 2.57 bits per heavy atom. The van der Waals surface area contributed by atoms with Gasteiger partial charge < -0.3 is 10.1 Å². The third-order valence-corrected chi connectivity index (χ3v) is 4.94. The van der Waals surface area contributed by atoms with E-state index in [9.17, 15) is 8.78 Å². The smallest absolute Gasteiger partial charge is 0.137 e. The molecule has 5 heteroatoms. The van der Waals surface area contributed by atoms with Crippen molar-refractivity contribution in [1.82, 2.24) is 5.32 Å². The maximum atomic E-state index is 14.2. The van der Waals surface area contributed by atoms with Gasteiger partial charge in [-0.2, -0.15) is 0 Å². The lowest BCUT2D eigenvalue weighted by atomic mass is 9.74. The van der Waals surface area contributed by atoms with Gasteiger partial charge in [0.2, 0.25) is 0 Å². The molecule has 0 heterocycles. The molecule has 0 bridgehead atoms. The fourth-order valence-corrected chi connectivity index (χ4v) is 3.17. The van der Waals surface area contributed by atoms with E-state index in [1.54, 1.807) is 7.11 Å². The van der Waals surface area contributed by atoms with E-state index in [-0.39, 0.29) is 21.9 Å². The molecule has 1 fully saturated rings. The molecule has 1 atom stereocenters. The van der Waals surface area contributed by atoms with Crippen LogP contribution in [-0.4, -0.2) is 19.3 Å². The van der Waals surface area contributed by atoms with Crippen LogP contribution < -0.4 is 5.32 Å². The van der Waals surface area contributed by atoms with Gasteiger partial charge in [0.1, 0.15) is 11.6 Å². The van der Waals surface area contributed by atoms with Crippen molar-refractivity contribution < 1.29 is 13.5 Å². The number of nitrogens with one attached hydrogen (secondary N) is 1. The highest BCUT2D eigenvalue weighted by Gasteiger charge is 2.39. The van der Waals surface area contributed by atoms with E-state index in [1.165, 1.54) is 12.1 Å². The molecule has 2 rings (SSSR count). The van der Waals surface area contributed by atoms with Crippen molar-refractivity contribution in [3.63, 3.8) is 0 Å². The van der Waals surface area contributed by atoms with E-state index in [2.05, 4.69) is 28.2 Å². The van der Waals surface area contributed by atoms with Crippen molar-refractivity contribution in [1.29, 1.82) is 0 Å². The molecule has 0 aliphatic heterocycles. The van der Waals surface area contributed by atoms with Gasteiger partial charge in [0, 0.05) is 18.7 Å². The average molecular weight is 362 g/mol. The van der Waals surface area contributed by atoms with Gasteiger partial charge in [0.05, 0.1) is 10.1 Å². The minimum atomic E-state index is -0.435. The Hall–Kier alpha value is -0.520. The first-order valence-corrected chi connectivity index (χ1v) is 8.23. The summed E-state index contributed by atoms with van der Waals surface area (Å²) in [4.78, 5) is 0. The number of halogens is 3. The van der Waals surface area contributed by atoms with Gasteiger partial charge in [-0.05, 0) is 66.7 Å². The summed E-state index contributed by atoms with van der Waals surface area (Å²) in [5.74, 6) is -0.822. The number of ether oxygens (including phenoxy) is 1. The molecule has 0 radical (unpaired) electrons. The molecule has 0 spiro atoms. The highest BCUT2D eigenvalue weighted by molar-refractivity contribution is 9.10. The van der Waals surface area contributed by atoms with Crippen LogP contribution in [0.2, 0.25) is 0 Å². The van der Waals surface area contributed by atoms with E-state index >= 15 is 0 Å². The highest BCUT2D eigenvalue weighted by atomic mass is 79.9. The van der Waals surface area contributed by atoms with E-state index in [0.29, 0.717) is 12.0 Å². The first-order chi connectivity index (χ1) is 10.0. The summed E-state index contributed by atoms with van der Waals surface area (Å²) >= 11 is 3.02. The van der Waals surface area contributed by atoms with Crippen LogP contribution in [0.1, 0.15) is 50.6 Å². The summed E-state index contributed by atoms with van der Waals surface area (Å²) in [6.45, 7) is 2.82. The molecule has 1 aromatic carbocycles. The molecular weight excluding hydrogens is 340 g/mol. The van der Waals surface area contributed by atoms with Crippen molar-refractivity contribution in [3.05, 3.63) is 33.8 Å². The van der Waals surface area contributed by atoms with Crippen LogP contribution >= 0.6 is 15.9 Å². The molecule has 1 aliphatic carbocycles. The maximum absolute atomic E-state index is 14.2. The fraction of sp³-hybridized carbons (Fsp3) is 0.625. The molecule has 0 saturated heterocycles. The quantitative estimate of drug-likeness (QED) is 0.709. The normalized spacial score (nSPS) is 18.3. The average Bonchev–Trinajstić information content (AvgIpc) is 2.42. The third-order valence-electron chi connectivity index (χ3n) is 4.33. The Morgan fingerprint density at radius 1 is 1.33 bits per heavy atom. The van der Waals surface area contributed by atoms with Crippen molar-refractivity contribution >= 4 is 15.9 Å². The summed E-state index contributed by atoms with van der Waals surface area (Å²) in [5, 5.41) is 3.33. The Bertz CT molecular complexity index is 486. The second-order valence-corrected chi connectivity index (χ2v) is 6.59. The zero-order chi connectivity index (χ0) is 15.5. The van der Waals surface area contributed by atoms with Gasteiger partial charge >= 0.3 is 0 Å². The summed E-state index contributed by atoms with van der Waals surface area (Å²) < 4.78 is 33.8. The SMILES string of the molecule is CCCNC(CC1(OC)CCC1)c1cc(F)c(Br)cc1F. The van der Waals surface area contributed by atoms with Crippen LogP contribution in [-0.2, 0) is 4.74 Å². The molecule has 1 saturated carbocycles. The summed E-state index contributed by atoms with van der Waals surface area (Å²) in [5.41, 5.74) is 0.189. The molecule has 2 nitrogen and oxygen atoms in total.